The van der Waals surface area contributed by atoms with Gasteiger partial charge in [-0.05, 0) is 24.9 Å². The zero-order chi connectivity index (χ0) is 12.8. The quantitative estimate of drug-likeness (QED) is 0.810. The standard InChI is InChI=1S/C15H25NO/c1-5-14(16(6-2)11-12(3)4)13-9-7-8-10-15(13)17/h7-10,12,14,17H,5-6,11H2,1-4H3. The van der Waals surface area contributed by atoms with E-state index in [0.29, 0.717) is 17.7 Å². The van der Waals surface area contributed by atoms with Crippen LogP contribution in [-0.2, 0) is 0 Å². The van der Waals surface area contributed by atoms with Crippen molar-refractivity contribution < 1.29 is 5.11 Å². The first-order chi connectivity index (χ1) is 8.10. The monoisotopic (exact) mass is 235 g/mol. The average molecular weight is 235 g/mol. The molecule has 1 atom stereocenters. The van der Waals surface area contributed by atoms with E-state index < -0.39 is 0 Å². The Hall–Kier alpha value is -1.02. The molecule has 0 spiro atoms. The van der Waals surface area contributed by atoms with Crippen molar-refractivity contribution >= 4 is 0 Å². The minimum Gasteiger partial charge on any atom is -0.508 e. The maximum Gasteiger partial charge on any atom is 0.120 e. The first-order valence-electron chi connectivity index (χ1n) is 6.62. The summed E-state index contributed by atoms with van der Waals surface area (Å²) < 4.78 is 0. The van der Waals surface area contributed by atoms with E-state index in [-0.39, 0.29) is 0 Å². The number of hydrogen-bond donors (Lipinski definition) is 1. The van der Waals surface area contributed by atoms with E-state index in [1.165, 1.54) is 0 Å². The van der Waals surface area contributed by atoms with Crippen LogP contribution < -0.4 is 0 Å². The molecule has 2 heteroatoms. The predicted octanol–water partition coefficient (Wildman–Crippen LogP) is 3.82. The summed E-state index contributed by atoms with van der Waals surface area (Å²) in [5.41, 5.74) is 1.05. The zero-order valence-electron chi connectivity index (χ0n) is 11.5. The third kappa shape index (κ3) is 3.74. The van der Waals surface area contributed by atoms with Gasteiger partial charge in [-0.2, -0.15) is 0 Å². The summed E-state index contributed by atoms with van der Waals surface area (Å²) in [6.45, 7) is 10.9. The summed E-state index contributed by atoms with van der Waals surface area (Å²) in [6.07, 6.45) is 1.03. The predicted molar refractivity (Wildman–Crippen MR) is 73.2 cm³/mol. The largest absolute Gasteiger partial charge is 0.508 e. The van der Waals surface area contributed by atoms with E-state index in [1.807, 2.05) is 18.2 Å². The smallest absolute Gasteiger partial charge is 0.120 e. The molecule has 0 aliphatic heterocycles. The molecule has 1 unspecified atom stereocenters. The van der Waals surface area contributed by atoms with E-state index >= 15 is 0 Å². The molecule has 17 heavy (non-hydrogen) atoms. The summed E-state index contributed by atoms with van der Waals surface area (Å²) in [4.78, 5) is 2.44. The van der Waals surface area contributed by atoms with Crippen LogP contribution >= 0.6 is 0 Å². The topological polar surface area (TPSA) is 23.5 Å². The van der Waals surface area contributed by atoms with Crippen LogP contribution in [0.25, 0.3) is 0 Å². The molecule has 0 aromatic heterocycles. The highest BCUT2D eigenvalue weighted by Gasteiger charge is 2.20. The van der Waals surface area contributed by atoms with Gasteiger partial charge in [0.05, 0.1) is 0 Å². The van der Waals surface area contributed by atoms with Crippen molar-refractivity contribution in [3.05, 3.63) is 29.8 Å². The number of phenolic OH excluding ortho intramolecular Hbond substituents is 1. The second kappa shape index (κ2) is 6.65. The molecule has 1 rings (SSSR count). The van der Waals surface area contributed by atoms with E-state index in [4.69, 9.17) is 0 Å². The first-order valence-corrected chi connectivity index (χ1v) is 6.62. The van der Waals surface area contributed by atoms with Gasteiger partial charge < -0.3 is 5.11 Å². The van der Waals surface area contributed by atoms with Crippen molar-refractivity contribution in [2.75, 3.05) is 13.1 Å². The lowest BCUT2D eigenvalue weighted by Crippen LogP contribution is -2.31. The van der Waals surface area contributed by atoms with Crippen LogP contribution in [0.5, 0.6) is 5.75 Å². The van der Waals surface area contributed by atoms with E-state index in [0.717, 1.165) is 25.1 Å². The van der Waals surface area contributed by atoms with E-state index in [1.54, 1.807) is 6.07 Å². The Labute approximate surface area is 105 Å². The average Bonchev–Trinajstić information content (AvgIpc) is 2.30. The molecular formula is C15H25NO. The van der Waals surface area contributed by atoms with Crippen LogP contribution in [0.3, 0.4) is 0 Å². The number of phenols is 1. The van der Waals surface area contributed by atoms with Gasteiger partial charge >= 0.3 is 0 Å². The van der Waals surface area contributed by atoms with Gasteiger partial charge in [0.15, 0.2) is 0 Å². The summed E-state index contributed by atoms with van der Waals surface area (Å²) >= 11 is 0. The maximum absolute atomic E-state index is 9.96. The van der Waals surface area contributed by atoms with Gasteiger partial charge in [0.25, 0.3) is 0 Å². The van der Waals surface area contributed by atoms with Crippen LogP contribution in [-0.4, -0.2) is 23.1 Å². The van der Waals surface area contributed by atoms with Crippen LogP contribution in [0.15, 0.2) is 24.3 Å². The van der Waals surface area contributed by atoms with Crippen molar-refractivity contribution in [3.8, 4) is 5.75 Å². The molecular weight excluding hydrogens is 210 g/mol. The van der Waals surface area contributed by atoms with Gasteiger partial charge in [0.1, 0.15) is 5.75 Å². The van der Waals surface area contributed by atoms with Gasteiger partial charge in [0, 0.05) is 18.2 Å². The van der Waals surface area contributed by atoms with Gasteiger partial charge in [-0.25, -0.2) is 0 Å². The lowest BCUT2D eigenvalue weighted by molar-refractivity contribution is 0.177. The second-order valence-electron chi connectivity index (χ2n) is 4.96. The summed E-state index contributed by atoms with van der Waals surface area (Å²) in [7, 11) is 0. The number of rotatable bonds is 6. The molecule has 0 heterocycles. The molecule has 0 saturated heterocycles. The normalized spacial score (nSPS) is 13.3. The fourth-order valence-corrected chi connectivity index (χ4v) is 2.39. The van der Waals surface area contributed by atoms with Crippen molar-refractivity contribution in [2.24, 2.45) is 5.92 Å². The summed E-state index contributed by atoms with van der Waals surface area (Å²) in [5, 5.41) is 9.96. The van der Waals surface area contributed by atoms with Crippen LogP contribution in [0.4, 0.5) is 0 Å². The highest BCUT2D eigenvalue weighted by atomic mass is 16.3. The Morgan fingerprint density at radius 2 is 1.82 bits per heavy atom. The van der Waals surface area contributed by atoms with Crippen LogP contribution in [0.1, 0.15) is 45.7 Å². The lowest BCUT2D eigenvalue weighted by Gasteiger charge is -2.32. The molecule has 0 aliphatic carbocycles. The van der Waals surface area contributed by atoms with Gasteiger partial charge in [-0.3, -0.25) is 4.90 Å². The number of nitrogens with zero attached hydrogens (tertiary/aromatic N) is 1. The van der Waals surface area contributed by atoms with Gasteiger partial charge in [-0.15, -0.1) is 0 Å². The van der Waals surface area contributed by atoms with Crippen molar-refractivity contribution in [1.29, 1.82) is 0 Å². The maximum atomic E-state index is 9.96. The van der Waals surface area contributed by atoms with E-state index in [2.05, 4.69) is 32.6 Å². The van der Waals surface area contributed by atoms with Crippen molar-refractivity contribution in [3.63, 3.8) is 0 Å². The number of para-hydroxylation sites is 1. The Bertz CT molecular complexity index is 335. The van der Waals surface area contributed by atoms with Crippen molar-refractivity contribution in [1.82, 2.24) is 4.90 Å². The minimum absolute atomic E-state index is 0.323. The molecule has 1 aromatic rings. The van der Waals surface area contributed by atoms with Crippen LogP contribution in [0.2, 0.25) is 0 Å². The summed E-state index contributed by atoms with van der Waals surface area (Å²) in [5.74, 6) is 1.07. The molecule has 0 amide bonds. The SMILES string of the molecule is CCC(c1ccccc1O)N(CC)CC(C)C. The number of aromatic hydroxyl groups is 1. The summed E-state index contributed by atoms with van der Waals surface area (Å²) in [6, 6.07) is 8.02. The number of hydrogen-bond acceptors (Lipinski definition) is 2. The molecule has 1 aromatic carbocycles. The molecule has 0 saturated carbocycles. The third-order valence-corrected chi connectivity index (χ3v) is 3.13. The third-order valence-electron chi connectivity index (χ3n) is 3.13. The highest BCUT2D eigenvalue weighted by molar-refractivity contribution is 5.34. The molecule has 0 radical (unpaired) electrons. The lowest BCUT2D eigenvalue weighted by atomic mass is 10.0. The molecule has 1 N–H and O–H groups in total. The van der Waals surface area contributed by atoms with E-state index in [9.17, 15) is 5.11 Å². The zero-order valence-corrected chi connectivity index (χ0v) is 11.5. The minimum atomic E-state index is 0.323. The van der Waals surface area contributed by atoms with Crippen molar-refractivity contribution in [2.45, 2.75) is 40.2 Å². The Balaban J connectivity index is 2.93. The second-order valence-corrected chi connectivity index (χ2v) is 4.96. The highest BCUT2D eigenvalue weighted by Crippen LogP contribution is 2.31. The first kappa shape index (κ1) is 14.0. The fraction of sp³-hybridized carbons (Fsp3) is 0.600. The molecule has 0 aliphatic rings. The molecule has 96 valence electrons. The Morgan fingerprint density at radius 1 is 1.18 bits per heavy atom. The molecule has 0 bridgehead atoms. The number of benzene rings is 1. The Morgan fingerprint density at radius 3 is 2.29 bits per heavy atom. The molecule has 2 nitrogen and oxygen atoms in total. The Kier molecular flexibility index (Phi) is 5.49. The fourth-order valence-electron chi connectivity index (χ4n) is 2.39. The van der Waals surface area contributed by atoms with Gasteiger partial charge in [-0.1, -0.05) is 45.9 Å². The molecule has 0 fully saturated rings. The van der Waals surface area contributed by atoms with Gasteiger partial charge in [0.2, 0.25) is 0 Å². The van der Waals surface area contributed by atoms with Crippen LogP contribution in [0, 0.1) is 5.92 Å².